The van der Waals surface area contributed by atoms with Gasteiger partial charge in [0.15, 0.2) is 35.0 Å². The maximum Gasteiger partial charge on any atom is 0.277 e. The topological polar surface area (TPSA) is 83.7 Å². The Labute approximate surface area is 163 Å². The molecule has 7 nitrogen and oxygen atoms in total. The average molecular weight is 402 g/mol. The van der Waals surface area contributed by atoms with Crippen molar-refractivity contribution in [2.45, 2.75) is 18.3 Å². The highest BCUT2D eigenvalue weighted by molar-refractivity contribution is 7.99. The second kappa shape index (κ2) is 7.89. The fourth-order valence-corrected chi connectivity index (χ4v) is 3.17. The minimum atomic E-state index is -0.636. The molecule has 28 heavy (non-hydrogen) atoms. The molecule has 0 amide bonds. The molecule has 9 heteroatoms. The Kier molecular flexibility index (Phi) is 5.16. The molecule has 0 fully saturated rings. The van der Waals surface area contributed by atoms with Gasteiger partial charge in [0.25, 0.3) is 11.1 Å². The summed E-state index contributed by atoms with van der Waals surface area (Å²) in [6, 6.07) is 11.1. The molecular weight excluding hydrogens is 387 g/mol. The van der Waals surface area contributed by atoms with Crippen molar-refractivity contribution in [1.29, 1.82) is 0 Å². The summed E-state index contributed by atoms with van der Waals surface area (Å²) in [5.41, 5.74) is 0.507. The molecule has 144 valence electrons. The van der Waals surface area contributed by atoms with E-state index < -0.39 is 11.9 Å². The lowest BCUT2D eigenvalue weighted by atomic mass is 10.1. The van der Waals surface area contributed by atoms with E-state index in [1.54, 1.807) is 37.3 Å². The zero-order valence-electron chi connectivity index (χ0n) is 14.8. The minimum Gasteiger partial charge on any atom is -0.478 e. The van der Waals surface area contributed by atoms with Gasteiger partial charge in [-0.05, 0) is 37.3 Å². The van der Waals surface area contributed by atoms with Gasteiger partial charge in [-0.3, -0.25) is 4.79 Å². The van der Waals surface area contributed by atoms with E-state index in [1.807, 2.05) is 0 Å². The summed E-state index contributed by atoms with van der Waals surface area (Å²) >= 11 is 1.11. The second-order valence-corrected chi connectivity index (χ2v) is 6.80. The number of ketones is 1. The van der Waals surface area contributed by atoms with Crippen LogP contribution in [0.15, 0.2) is 52.1 Å². The number of benzene rings is 2. The molecular formula is C19H15FN2O5S. The number of hydrogen-bond acceptors (Lipinski definition) is 8. The Morgan fingerprint density at radius 2 is 2.04 bits per heavy atom. The van der Waals surface area contributed by atoms with Gasteiger partial charge in [-0.15, -0.1) is 10.2 Å². The van der Waals surface area contributed by atoms with E-state index in [-0.39, 0.29) is 35.2 Å². The number of rotatable bonds is 7. The summed E-state index contributed by atoms with van der Waals surface area (Å²) in [7, 11) is 0. The third-order valence-electron chi connectivity index (χ3n) is 3.93. The Morgan fingerprint density at radius 3 is 2.89 bits per heavy atom. The van der Waals surface area contributed by atoms with Crippen LogP contribution in [0.2, 0.25) is 0 Å². The number of nitrogens with zero attached hydrogens (tertiary/aromatic N) is 2. The van der Waals surface area contributed by atoms with Crippen LogP contribution in [0.5, 0.6) is 17.2 Å². The second-order valence-electron chi connectivity index (χ2n) is 5.88. The van der Waals surface area contributed by atoms with Gasteiger partial charge < -0.3 is 18.6 Å². The van der Waals surface area contributed by atoms with E-state index in [1.165, 1.54) is 12.1 Å². The van der Waals surface area contributed by atoms with Crippen LogP contribution in [0.1, 0.15) is 29.3 Å². The van der Waals surface area contributed by atoms with Crippen LogP contribution < -0.4 is 14.2 Å². The quantitative estimate of drug-likeness (QED) is 0.432. The van der Waals surface area contributed by atoms with Gasteiger partial charge in [-0.2, -0.15) is 0 Å². The van der Waals surface area contributed by atoms with Crippen LogP contribution in [-0.2, 0) is 0 Å². The van der Waals surface area contributed by atoms with Crippen LogP contribution in [0.4, 0.5) is 4.39 Å². The van der Waals surface area contributed by atoms with Crippen LogP contribution >= 0.6 is 11.8 Å². The highest BCUT2D eigenvalue weighted by Crippen LogP contribution is 2.33. The maximum absolute atomic E-state index is 13.7. The molecule has 0 spiro atoms. The average Bonchev–Trinajstić information content (AvgIpc) is 3.36. The van der Waals surface area contributed by atoms with Crippen molar-refractivity contribution in [3.63, 3.8) is 0 Å². The zero-order valence-corrected chi connectivity index (χ0v) is 15.6. The van der Waals surface area contributed by atoms with Crippen LogP contribution in [0.25, 0.3) is 0 Å². The molecule has 0 bridgehead atoms. The van der Waals surface area contributed by atoms with Gasteiger partial charge in [0, 0.05) is 5.56 Å². The molecule has 1 aliphatic rings. The lowest BCUT2D eigenvalue weighted by Gasteiger charge is -2.11. The Hall–Kier alpha value is -3.07. The molecule has 2 aromatic carbocycles. The number of aromatic nitrogens is 2. The number of ether oxygens (including phenoxy) is 3. The largest absolute Gasteiger partial charge is 0.478 e. The zero-order chi connectivity index (χ0) is 19.5. The summed E-state index contributed by atoms with van der Waals surface area (Å²) in [4.78, 5) is 12.4. The van der Waals surface area contributed by atoms with Crippen molar-refractivity contribution >= 4 is 17.5 Å². The van der Waals surface area contributed by atoms with Crippen molar-refractivity contribution in [3.8, 4) is 17.2 Å². The third-order valence-corrected chi connectivity index (χ3v) is 4.75. The summed E-state index contributed by atoms with van der Waals surface area (Å²) in [6.07, 6.45) is -0.636. The Morgan fingerprint density at radius 1 is 1.21 bits per heavy atom. The SMILES string of the molecule is C[C@H](Oc1ccccc1F)c1nnc(SCC(=O)c2ccc3c(c2)OCO3)o1. The van der Waals surface area contributed by atoms with Gasteiger partial charge >= 0.3 is 0 Å². The van der Waals surface area contributed by atoms with Gasteiger partial charge in [0.2, 0.25) is 6.79 Å². The molecule has 1 aliphatic heterocycles. The molecule has 3 aromatic rings. The number of para-hydroxylation sites is 1. The number of halogens is 1. The molecule has 1 atom stereocenters. The fourth-order valence-electron chi connectivity index (χ4n) is 2.50. The molecule has 0 saturated heterocycles. The van der Waals surface area contributed by atoms with E-state index >= 15 is 0 Å². The lowest BCUT2D eigenvalue weighted by Crippen LogP contribution is -2.04. The van der Waals surface area contributed by atoms with Crippen molar-refractivity contribution in [2.75, 3.05) is 12.5 Å². The van der Waals surface area contributed by atoms with Gasteiger partial charge in [-0.25, -0.2) is 4.39 Å². The predicted molar refractivity (Wildman–Crippen MR) is 97.4 cm³/mol. The highest BCUT2D eigenvalue weighted by Gasteiger charge is 2.20. The van der Waals surface area contributed by atoms with Crippen molar-refractivity contribution in [2.24, 2.45) is 0 Å². The first kappa shape index (κ1) is 18.3. The van der Waals surface area contributed by atoms with E-state index in [9.17, 15) is 9.18 Å². The van der Waals surface area contributed by atoms with Crippen LogP contribution in [0, 0.1) is 5.82 Å². The molecule has 0 radical (unpaired) electrons. The highest BCUT2D eigenvalue weighted by atomic mass is 32.2. The molecule has 0 aliphatic carbocycles. The summed E-state index contributed by atoms with van der Waals surface area (Å²) < 4.78 is 35.2. The molecule has 0 unspecified atom stereocenters. The number of carbonyl (C=O) groups is 1. The van der Waals surface area contributed by atoms with Gasteiger partial charge in [-0.1, -0.05) is 23.9 Å². The number of Topliss-reactive ketones (excluding diaryl/α,β-unsaturated/α-hetero) is 1. The molecule has 1 aromatic heterocycles. The first-order chi connectivity index (χ1) is 13.6. The fraction of sp³-hybridized carbons (Fsp3) is 0.211. The first-order valence-electron chi connectivity index (χ1n) is 8.40. The summed E-state index contributed by atoms with van der Waals surface area (Å²) in [6.45, 7) is 1.83. The number of hydrogen-bond donors (Lipinski definition) is 0. The normalized spacial score (nSPS) is 13.4. The maximum atomic E-state index is 13.7. The number of fused-ring (bicyclic) bond motifs is 1. The number of thioether (sulfide) groups is 1. The molecule has 4 rings (SSSR count). The number of carbonyl (C=O) groups excluding carboxylic acids is 1. The van der Waals surface area contributed by atoms with Gasteiger partial charge in [0.05, 0.1) is 5.75 Å². The van der Waals surface area contributed by atoms with E-state index in [4.69, 9.17) is 18.6 Å². The minimum absolute atomic E-state index is 0.0976. The standard InChI is InChI=1S/C19H15FN2O5S/c1-11(26-15-5-3-2-4-13(15)20)18-21-22-19(27-18)28-9-14(23)12-6-7-16-17(8-12)25-10-24-16/h2-8,11H,9-10H2,1H3/t11-/m0/s1. The van der Waals surface area contributed by atoms with Crippen LogP contribution in [-0.4, -0.2) is 28.5 Å². The molecule has 0 N–H and O–H groups in total. The van der Waals surface area contributed by atoms with Crippen LogP contribution in [0.3, 0.4) is 0 Å². The monoisotopic (exact) mass is 402 g/mol. The molecule has 0 saturated carbocycles. The van der Waals surface area contributed by atoms with Crippen molar-refractivity contribution in [3.05, 3.63) is 59.7 Å². The van der Waals surface area contributed by atoms with Crippen molar-refractivity contribution < 1.29 is 27.8 Å². The van der Waals surface area contributed by atoms with E-state index in [0.717, 1.165) is 11.8 Å². The third kappa shape index (κ3) is 3.94. The van der Waals surface area contributed by atoms with Gasteiger partial charge in [0.1, 0.15) is 0 Å². The Balaban J connectivity index is 1.35. The Bertz CT molecular complexity index is 1010. The molecule has 2 heterocycles. The summed E-state index contributed by atoms with van der Waals surface area (Å²) in [5.74, 6) is 0.992. The lowest BCUT2D eigenvalue weighted by molar-refractivity contribution is 0.102. The van der Waals surface area contributed by atoms with E-state index in [0.29, 0.717) is 17.1 Å². The summed E-state index contributed by atoms with van der Waals surface area (Å²) in [5, 5.41) is 8.04. The smallest absolute Gasteiger partial charge is 0.277 e. The predicted octanol–water partition coefficient (Wildman–Crippen LogP) is 4.05. The van der Waals surface area contributed by atoms with Crippen molar-refractivity contribution in [1.82, 2.24) is 10.2 Å². The first-order valence-corrected chi connectivity index (χ1v) is 9.39. The van der Waals surface area contributed by atoms with E-state index in [2.05, 4.69) is 10.2 Å².